The first-order valence-corrected chi connectivity index (χ1v) is 8.03. The number of non-ortho nitro benzene ring substituents is 1. The molecule has 1 heterocycles. The van der Waals surface area contributed by atoms with E-state index >= 15 is 0 Å². The van der Waals surface area contributed by atoms with Gasteiger partial charge < -0.3 is 14.3 Å². The number of nitro groups is 1. The molecule has 0 spiro atoms. The molecule has 0 saturated heterocycles. The fourth-order valence-corrected chi connectivity index (χ4v) is 2.40. The molecule has 0 bridgehead atoms. The number of hydrogen-bond donors (Lipinski definition) is 2. The Labute approximate surface area is 159 Å². The second-order valence-electron chi connectivity index (χ2n) is 5.59. The third kappa shape index (κ3) is 4.15. The topological polar surface area (TPSA) is 127 Å². The van der Waals surface area contributed by atoms with Gasteiger partial charge in [0.2, 0.25) is 0 Å². The predicted octanol–water partition coefficient (Wildman–Crippen LogP) is 3.33. The van der Waals surface area contributed by atoms with Gasteiger partial charge in [0.05, 0.1) is 23.8 Å². The minimum Gasteiger partial charge on any atom is -0.507 e. The maximum atomic E-state index is 12.1. The molecule has 3 rings (SSSR count). The summed E-state index contributed by atoms with van der Waals surface area (Å²) in [5.74, 6) is 0.326. The molecule has 0 aliphatic heterocycles. The predicted molar refractivity (Wildman–Crippen MR) is 101 cm³/mol. The monoisotopic (exact) mass is 381 g/mol. The van der Waals surface area contributed by atoms with Crippen molar-refractivity contribution in [3.63, 3.8) is 0 Å². The first-order chi connectivity index (χ1) is 13.5. The number of carbonyl (C=O) groups is 1. The van der Waals surface area contributed by atoms with Crippen LogP contribution in [0.1, 0.15) is 16.1 Å². The lowest BCUT2D eigenvalue weighted by Gasteiger charge is -2.05. The normalized spacial score (nSPS) is 10.8. The Hall–Kier alpha value is -4.14. The highest BCUT2D eigenvalue weighted by Gasteiger charge is 2.12. The Morgan fingerprint density at radius 1 is 1.25 bits per heavy atom. The van der Waals surface area contributed by atoms with E-state index in [1.807, 2.05) is 0 Å². The third-order valence-corrected chi connectivity index (χ3v) is 3.78. The molecule has 2 N–H and O–H groups in total. The summed E-state index contributed by atoms with van der Waals surface area (Å²) in [5.41, 5.74) is 2.81. The third-order valence-electron chi connectivity index (χ3n) is 3.78. The standard InChI is InChI=1S/C19H15N3O6/c1-27-14-5-7-16(17(23)10-14)19(24)21-20-11-15-6-8-18(28-15)12-3-2-4-13(9-12)22(25)26/h2-11,23H,1H3,(H,21,24)/b20-11-. The summed E-state index contributed by atoms with van der Waals surface area (Å²) in [6.07, 6.45) is 1.28. The van der Waals surface area contributed by atoms with Crippen molar-refractivity contribution in [1.29, 1.82) is 0 Å². The Morgan fingerprint density at radius 3 is 2.79 bits per heavy atom. The lowest BCUT2D eigenvalue weighted by Crippen LogP contribution is -2.17. The highest BCUT2D eigenvalue weighted by Crippen LogP contribution is 2.25. The van der Waals surface area contributed by atoms with Crippen LogP contribution in [-0.2, 0) is 0 Å². The number of hydrogen-bond acceptors (Lipinski definition) is 7. The van der Waals surface area contributed by atoms with Crippen LogP contribution in [0.5, 0.6) is 11.5 Å². The van der Waals surface area contributed by atoms with Crippen LogP contribution in [-0.4, -0.2) is 29.3 Å². The lowest BCUT2D eigenvalue weighted by atomic mass is 10.1. The van der Waals surface area contributed by atoms with Crippen LogP contribution in [0, 0.1) is 10.1 Å². The van der Waals surface area contributed by atoms with Crippen molar-refractivity contribution in [2.24, 2.45) is 5.10 Å². The van der Waals surface area contributed by atoms with Crippen molar-refractivity contribution >= 4 is 17.8 Å². The van der Waals surface area contributed by atoms with Crippen LogP contribution in [0.25, 0.3) is 11.3 Å². The summed E-state index contributed by atoms with van der Waals surface area (Å²) in [4.78, 5) is 22.4. The van der Waals surface area contributed by atoms with Crippen molar-refractivity contribution in [2.45, 2.75) is 0 Å². The number of aromatic hydroxyl groups is 1. The number of nitro benzene ring substituents is 1. The van der Waals surface area contributed by atoms with Crippen molar-refractivity contribution < 1.29 is 24.0 Å². The highest BCUT2D eigenvalue weighted by atomic mass is 16.6. The van der Waals surface area contributed by atoms with Crippen LogP contribution in [0.3, 0.4) is 0 Å². The molecule has 1 amide bonds. The number of amides is 1. The molecule has 9 heteroatoms. The molecule has 0 aliphatic rings. The second-order valence-corrected chi connectivity index (χ2v) is 5.59. The molecule has 9 nitrogen and oxygen atoms in total. The van der Waals surface area contributed by atoms with Gasteiger partial charge >= 0.3 is 0 Å². The molecule has 0 fully saturated rings. The molecule has 2 aromatic carbocycles. The minimum absolute atomic E-state index is 0.0367. The maximum absolute atomic E-state index is 12.1. The van der Waals surface area contributed by atoms with Gasteiger partial charge in [-0.05, 0) is 24.3 Å². The fraction of sp³-hybridized carbons (Fsp3) is 0.0526. The highest BCUT2D eigenvalue weighted by molar-refractivity contribution is 5.97. The minimum atomic E-state index is -0.609. The summed E-state index contributed by atoms with van der Waals surface area (Å²) in [6, 6.07) is 13.5. The summed E-state index contributed by atoms with van der Waals surface area (Å²) in [5, 5.41) is 24.5. The number of phenolic OH excluding ortho intramolecular Hbond substituents is 1. The summed E-state index contributed by atoms with van der Waals surface area (Å²) >= 11 is 0. The number of furan rings is 1. The van der Waals surface area contributed by atoms with Crippen molar-refractivity contribution in [1.82, 2.24) is 5.43 Å². The lowest BCUT2D eigenvalue weighted by molar-refractivity contribution is -0.384. The van der Waals surface area contributed by atoms with E-state index in [4.69, 9.17) is 9.15 Å². The van der Waals surface area contributed by atoms with Crippen LogP contribution >= 0.6 is 0 Å². The molecule has 1 aromatic heterocycles. The van der Waals surface area contributed by atoms with Gasteiger partial charge in [-0.1, -0.05) is 12.1 Å². The van der Waals surface area contributed by atoms with Crippen LogP contribution < -0.4 is 10.2 Å². The van der Waals surface area contributed by atoms with Gasteiger partial charge in [-0.15, -0.1) is 0 Å². The van der Waals surface area contributed by atoms with Crippen LogP contribution in [0.4, 0.5) is 5.69 Å². The fourth-order valence-electron chi connectivity index (χ4n) is 2.40. The van der Waals surface area contributed by atoms with E-state index < -0.39 is 10.8 Å². The van der Waals surface area contributed by atoms with Crippen molar-refractivity contribution in [3.05, 3.63) is 76.0 Å². The average Bonchev–Trinajstić information content (AvgIpc) is 3.16. The zero-order valence-electron chi connectivity index (χ0n) is 14.7. The van der Waals surface area contributed by atoms with Gasteiger partial charge in [-0.3, -0.25) is 14.9 Å². The van der Waals surface area contributed by atoms with Crippen LogP contribution in [0.2, 0.25) is 0 Å². The molecule has 0 aliphatic carbocycles. The number of methoxy groups -OCH3 is 1. The summed E-state index contributed by atoms with van der Waals surface area (Å²) < 4.78 is 10.5. The number of ether oxygens (including phenoxy) is 1. The Bertz CT molecular complexity index is 1060. The number of nitrogens with zero attached hydrogens (tertiary/aromatic N) is 2. The maximum Gasteiger partial charge on any atom is 0.275 e. The quantitative estimate of drug-likeness (QED) is 0.383. The number of phenols is 1. The van der Waals surface area contributed by atoms with E-state index in [9.17, 15) is 20.0 Å². The number of rotatable bonds is 6. The van der Waals surface area contributed by atoms with E-state index in [1.54, 1.807) is 24.3 Å². The van der Waals surface area contributed by atoms with Gasteiger partial charge in [0.15, 0.2) is 0 Å². The second kappa shape index (κ2) is 8.04. The van der Waals surface area contributed by atoms with E-state index in [1.165, 1.54) is 43.7 Å². The number of nitrogens with one attached hydrogen (secondary N) is 1. The number of hydrazone groups is 1. The Kier molecular flexibility index (Phi) is 5.35. The molecule has 0 atom stereocenters. The first kappa shape index (κ1) is 18.6. The molecular formula is C19H15N3O6. The van der Waals surface area contributed by atoms with E-state index in [0.717, 1.165) is 0 Å². The molecule has 142 valence electrons. The summed E-state index contributed by atoms with van der Waals surface area (Å²) in [7, 11) is 1.45. The average molecular weight is 381 g/mol. The first-order valence-electron chi connectivity index (χ1n) is 8.03. The van der Waals surface area contributed by atoms with Gasteiger partial charge in [0.1, 0.15) is 23.0 Å². The zero-order chi connectivity index (χ0) is 20.1. The van der Waals surface area contributed by atoms with E-state index in [0.29, 0.717) is 22.8 Å². The Balaban J connectivity index is 1.68. The van der Waals surface area contributed by atoms with E-state index in [-0.39, 0.29) is 17.0 Å². The molecule has 28 heavy (non-hydrogen) atoms. The molecular weight excluding hydrogens is 366 g/mol. The van der Waals surface area contributed by atoms with Crippen molar-refractivity contribution in [2.75, 3.05) is 7.11 Å². The van der Waals surface area contributed by atoms with Crippen LogP contribution in [0.15, 0.2) is 64.1 Å². The largest absolute Gasteiger partial charge is 0.507 e. The zero-order valence-corrected chi connectivity index (χ0v) is 14.7. The van der Waals surface area contributed by atoms with E-state index in [2.05, 4.69) is 10.5 Å². The molecule has 0 unspecified atom stereocenters. The van der Waals surface area contributed by atoms with Gasteiger partial charge in [-0.25, -0.2) is 5.43 Å². The molecule has 0 saturated carbocycles. The van der Waals surface area contributed by atoms with Gasteiger partial charge in [-0.2, -0.15) is 5.10 Å². The number of benzene rings is 2. The molecule has 0 radical (unpaired) electrons. The number of carbonyl (C=O) groups excluding carboxylic acids is 1. The Morgan fingerprint density at radius 2 is 2.07 bits per heavy atom. The SMILES string of the molecule is COc1ccc(C(=O)N/N=C\c2ccc(-c3cccc([N+](=O)[O-])c3)o2)c(O)c1. The smallest absolute Gasteiger partial charge is 0.275 e. The van der Waals surface area contributed by atoms with Gasteiger partial charge in [0, 0.05) is 23.8 Å². The van der Waals surface area contributed by atoms with Crippen molar-refractivity contribution in [3.8, 4) is 22.8 Å². The summed E-state index contributed by atoms with van der Waals surface area (Å²) in [6.45, 7) is 0. The molecule has 3 aromatic rings. The van der Waals surface area contributed by atoms with Gasteiger partial charge in [0.25, 0.3) is 11.6 Å².